The van der Waals surface area contributed by atoms with E-state index in [4.69, 9.17) is 0 Å². The second-order valence-corrected chi connectivity index (χ2v) is 5.91. The third-order valence-corrected chi connectivity index (χ3v) is 4.30. The number of allylic oxidation sites excluding steroid dienone is 1. The molecule has 3 N–H and O–H groups in total. The Morgan fingerprint density at radius 3 is 2.10 bits per heavy atom. The summed E-state index contributed by atoms with van der Waals surface area (Å²) in [4.78, 5) is 11.3. The smallest absolute Gasteiger partial charge is 0.309 e. The van der Waals surface area contributed by atoms with Crippen LogP contribution in [-0.4, -0.2) is 33.5 Å². The van der Waals surface area contributed by atoms with E-state index >= 15 is 0 Å². The first-order chi connectivity index (χ1) is 9.43. The fourth-order valence-corrected chi connectivity index (χ4v) is 2.89. The van der Waals surface area contributed by atoms with Crippen molar-refractivity contribution >= 4 is 5.97 Å². The van der Waals surface area contributed by atoms with Crippen LogP contribution in [-0.2, 0) is 4.79 Å². The highest BCUT2D eigenvalue weighted by molar-refractivity contribution is 5.70. The molecular formula is C16H28O4. The molecular weight excluding hydrogens is 256 g/mol. The molecule has 1 fully saturated rings. The maximum Gasteiger partial charge on any atom is 0.309 e. The Bertz CT molecular complexity index is 355. The minimum atomic E-state index is -0.989. The third kappa shape index (κ3) is 4.32. The van der Waals surface area contributed by atoms with Gasteiger partial charge < -0.3 is 15.3 Å². The van der Waals surface area contributed by atoms with Crippen molar-refractivity contribution in [1.29, 1.82) is 0 Å². The average molecular weight is 284 g/mol. The Kier molecular flexibility index (Phi) is 6.69. The first kappa shape index (κ1) is 17.2. The molecule has 4 nitrogen and oxygen atoms in total. The van der Waals surface area contributed by atoms with Crippen LogP contribution in [0.25, 0.3) is 0 Å². The van der Waals surface area contributed by atoms with Gasteiger partial charge >= 0.3 is 5.97 Å². The van der Waals surface area contributed by atoms with Gasteiger partial charge in [0.05, 0.1) is 18.1 Å². The third-order valence-electron chi connectivity index (χ3n) is 4.30. The number of hydrogen-bond acceptors (Lipinski definition) is 3. The Hall–Kier alpha value is -0.870. The molecule has 1 aliphatic rings. The average Bonchev–Trinajstić information content (AvgIpc) is 3.24. The summed E-state index contributed by atoms with van der Waals surface area (Å²) in [5, 5.41) is 30.2. The molecule has 116 valence electrons. The first-order valence-corrected chi connectivity index (χ1v) is 7.71. The van der Waals surface area contributed by atoms with Gasteiger partial charge in [-0.3, -0.25) is 4.79 Å². The van der Waals surface area contributed by atoms with Crippen LogP contribution >= 0.6 is 0 Å². The fourth-order valence-electron chi connectivity index (χ4n) is 2.89. The molecule has 4 atom stereocenters. The molecule has 0 aromatic heterocycles. The van der Waals surface area contributed by atoms with E-state index in [1.807, 2.05) is 20.8 Å². The maximum atomic E-state index is 11.3. The predicted octanol–water partition coefficient (Wildman–Crippen LogP) is 2.74. The van der Waals surface area contributed by atoms with E-state index in [9.17, 15) is 20.1 Å². The predicted molar refractivity (Wildman–Crippen MR) is 78.4 cm³/mol. The molecule has 0 saturated heterocycles. The lowest BCUT2D eigenvalue weighted by atomic mass is 9.80. The summed E-state index contributed by atoms with van der Waals surface area (Å²) in [6.07, 6.45) is 2.95. The second-order valence-electron chi connectivity index (χ2n) is 5.91. The Morgan fingerprint density at radius 1 is 1.15 bits per heavy atom. The highest BCUT2D eigenvalue weighted by Gasteiger charge is 2.37. The summed E-state index contributed by atoms with van der Waals surface area (Å²) < 4.78 is 0. The number of hydrogen-bond donors (Lipinski definition) is 3. The zero-order valence-electron chi connectivity index (χ0n) is 12.8. The first-order valence-electron chi connectivity index (χ1n) is 7.71. The largest absolute Gasteiger partial charge is 0.481 e. The van der Waals surface area contributed by atoms with E-state index in [0.717, 1.165) is 24.8 Å². The molecule has 20 heavy (non-hydrogen) atoms. The molecule has 0 amide bonds. The van der Waals surface area contributed by atoms with Crippen LogP contribution in [0.4, 0.5) is 0 Å². The summed E-state index contributed by atoms with van der Waals surface area (Å²) in [5.41, 5.74) is 2.19. The fraction of sp³-hybridized carbons (Fsp3) is 0.812. The molecule has 0 radical (unpaired) electrons. The van der Waals surface area contributed by atoms with Gasteiger partial charge in [-0.2, -0.15) is 0 Å². The number of rotatable bonds is 9. The lowest BCUT2D eigenvalue weighted by Gasteiger charge is -2.31. The van der Waals surface area contributed by atoms with Crippen molar-refractivity contribution in [1.82, 2.24) is 0 Å². The molecule has 4 unspecified atom stereocenters. The second kappa shape index (κ2) is 7.79. The zero-order chi connectivity index (χ0) is 15.3. The number of carboxylic acids is 1. The van der Waals surface area contributed by atoms with E-state index in [1.165, 1.54) is 5.57 Å². The van der Waals surface area contributed by atoms with Crippen molar-refractivity contribution in [3.05, 3.63) is 11.1 Å². The quantitative estimate of drug-likeness (QED) is 0.569. The summed E-state index contributed by atoms with van der Waals surface area (Å²) in [6, 6.07) is 0. The summed E-state index contributed by atoms with van der Waals surface area (Å²) in [6.45, 7) is 5.80. The molecule has 1 rings (SSSR count). The van der Waals surface area contributed by atoms with Crippen LogP contribution in [0.3, 0.4) is 0 Å². The molecule has 4 heteroatoms. The van der Waals surface area contributed by atoms with E-state index in [0.29, 0.717) is 19.3 Å². The van der Waals surface area contributed by atoms with Gasteiger partial charge in [0.15, 0.2) is 0 Å². The Morgan fingerprint density at radius 2 is 1.70 bits per heavy atom. The molecule has 0 spiro atoms. The van der Waals surface area contributed by atoms with Crippen molar-refractivity contribution in [2.75, 3.05) is 0 Å². The minimum Gasteiger partial charge on any atom is -0.481 e. The molecule has 0 aromatic carbocycles. The monoisotopic (exact) mass is 284 g/mol. The van der Waals surface area contributed by atoms with Crippen molar-refractivity contribution in [3.63, 3.8) is 0 Å². The molecule has 0 aliphatic heterocycles. The van der Waals surface area contributed by atoms with Crippen molar-refractivity contribution in [2.45, 2.75) is 71.5 Å². The lowest BCUT2D eigenvalue weighted by molar-refractivity contribution is -0.149. The van der Waals surface area contributed by atoms with Crippen LogP contribution in [0, 0.1) is 11.8 Å². The summed E-state index contributed by atoms with van der Waals surface area (Å²) in [5.74, 6) is -2.15. The van der Waals surface area contributed by atoms with E-state index in [1.54, 1.807) is 0 Å². The van der Waals surface area contributed by atoms with Crippen LogP contribution < -0.4 is 0 Å². The molecule has 1 aliphatic carbocycles. The van der Waals surface area contributed by atoms with Crippen LogP contribution in [0.1, 0.15) is 59.3 Å². The molecule has 1 saturated carbocycles. The van der Waals surface area contributed by atoms with Crippen molar-refractivity contribution in [3.8, 4) is 0 Å². The topological polar surface area (TPSA) is 77.8 Å². The molecule has 0 bridgehead atoms. The number of carbonyl (C=O) groups is 1. The normalized spacial score (nSPS) is 20.1. The molecule has 0 heterocycles. The van der Waals surface area contributed by atoms with Gasteiger partial charge in [0.25, 0.3) is 0 Å². The van der Waals surface area contributed by atoms with Crippen LogP contribution in [0.15, 0.2) is 11.1 Å². The van der Waals surface area contributed by atoms with Crippen LogP contribution in [0.5, 0.6) is 0 Å². The highest BCUT2D eigenvalue weighted by atomic mass is 16.4. The van der Waals surface area contributed by atoms with Crippen molar-refractivity contribution in [2.24, 2.45) is 11.8 Å². The standard InChI is InChI=1S/C16H28O4/c1-4-6-12(14(17)10(3)11-8-9-11)15(18)13(7-5-2)16(19)20/h12-15,17-18H,4-9H2,1-3H3,(H,19,20). The van der Waals surface area contributed by atoms with Crippen molar-refractivity contribution < 1.29 is 20.1 Å². The van der Waals surface area contributed by atoms with Gasteiger partial charge in [0.2, 0.25) is 0 Å². The van der Waals surface area contributed by atoms with Gasteiger partial charge in [-0.15, -0.1) is 0 Å². The Balaban J connectivity index is 2.87. The Labute approximate surface area is 121 Å². The number of aliphatic hydroxyl groups is 2. The number of aliphatic hydroxyl groups excluding tert-OH is 2. The van der Waals surface area contributed by atoms with Gasteiger partial charge in [0.1, 0.15) is 0 Å². The lowest BCUT2D eigenvalue weighted by Crippen LogP contribution is -2.40. The highest BCUT2D eigenvalue weighted by Crippen LogP contribution is 2.36. The summed E-state index contributed by atoms with van der Waals surface area (Å²) >= 11 is 0. The minimum absolute atomic E-state index is 0.388. The number of carboxylic acid groups (broad SMARTS) is 1. The van der Waals surface area contributed by atoms with Gasteiger partial charge in [-0.1, -0.05) is 32.3 Å². The van der Waals surface area contributed by atoms with E-state index < -0.39 is 24.1 Å². The zero-order valence-corrected chi connectivity index (χ0v) is 12.8. The van der Waals surface area contributed by atoms with Gasteiger partial charge in [0, 0.05) is 5.92 Å². The molecule has 0 aromatic rings. The summed E-state index contributed by atoms with van der Waals surface area (Å²) in [7, 11) is 0. The maximum absolute atomic E-state index is 11.3. The van der Waals surface area contributed by atoms with E-state index in [-0.39, 0.29) is 5.92 Å². The van der Waals surface area contributed by atoms with Gasteiger partial charge in [-0.05, 0) is 38.2 Å². The number of aliphatic carboxylic acids is 1. The van der Waals surface area contributed by atoms with Crippen LogP contribution in [0.2, 0.25) is 0 Å². The van der Waals surface area contributed by atoms with Gasteiger partial charge in [-0.25, -0.2) is 0 Å². The SMILES string of the molecule is CCCC(C(=O)O)C(O)C(CCC)C(O)C(C)=C1CC1. The van der Waals surface area contributed by atoms with E-state index in [2.05, 4.69) is 0 Å².